The molecule has 0 atom stereocenters. The Labute approximate surface area is 176 Å². The highest BCUT2D eigenvalue weighted by Gasteiger charge is 2.37. The highest BCUT2D eigenvalue weighted by Crippen LogP contribution is 2.39. The predicted molar refractivity (Wildman–Crippen MR) is 113 cm³/mol. The monoisotopic (exact) mass is 487 g/mol. The Morgan fingerprint density at radius 3 is 2.67 bits per heavy atom. The smallest absolute Gasteiger partial charge is 0.262 e. The molecule has 1 aliphatic carbocycles. The summed E-state index contributed by atoms with van der Waals surface area (Å²) in [5, 5.41) is 12.7. The molecule has 1 aliphatic rings. The van der Waals surface area contributed by atoms with Gasteiger partial charge in [-0.05, 0) is 69.3 Å². The zero-order valence-corrected chi connectivity index (χ0v) is 18.1. The summed E-state index contributed by atoms with van der Waals surface area (Å²) in [6, 6.07) is 12.1. The normalized spacial score (nSPS) is 16.0. The second kappa shape index (κ2) is 8.37. The van der Waals surface area contributed by atoms with Gasteiger partial charge in [0.25, 0.3) is 5.91 Å². The number of nitriles is 1. The molecule has 1 heterocycles. The van der Waals surface area contributed by atoms with E-state index in [2.05, 4.69) is 54.3 Å². The van der Waals surface area contributed by atoms with Gasteiger partial charge < -0.3 is 5.32 Å². The number of hydrogen-bond donors (Lipinski definition) is 1. The Morgan fingerprint density at radius 1 is 1.30 bits per heavy atom. The molecule has 1 N–H and O–H groups in total. The molecule has 27 heavy (non-hydrogen) atoms. The third-order valence-corrected chi connectivity index (χ3v) is 5.93. The van der Waals surface area contributed by atoms with Crippen LogP contribution in [0.3, 0.4) is 0 Å². The van der Waals surface area contributed by atoms with E-state index in [-0.39, 0.29) is 11.5 Å². The van der Waals surface area contributed by atoms with Crippen LogP contribution in [0.2, 0.25) is 0 Å². The van der Waals surface area contributed by atoms with Crippen LogP contribution in [0.5, 0.6) is 0 Å². The lowest BCUT2D eigenvalue weighted by atomic mass is 9.87. The van der Waals surface area contributed by atoms with E-state index in [1.165, 1.54) is 6.08 Å². The van der Waals surface area contributed by atoms with Gasteiger partial charge in [0.15, 0.2) is 0 Å². The van der Waals surface area contributed by atoms with Gasteiger partial charge in [-0.25, -0.2) is 0 Å². The fourth-order valence-electron chi connectivity index (χ4n) is 3.51. The minimum absolute atomic E-state index is 0.0458. The maximum atomic E-state index is 12.9. The molecule has 1 fully saturated rings. The Balaban J connectivity index is 1.91. The molecule has 0 aliphatic heterocycles. The lowest BCUT2D eigenvalue weighted by Gasteiger charge is -2.31. The number of aryl methyl sites for hydroxylation is 1. The van der Waals surface area contributed by atoms with Crippen LogP contribution in [0.25, 0.3) is 6.08 Å². The zero-order chi connectivity index (χ0) is 19.4. The fourth-order valence-corrected chi connectivity index (χ4v) is 4.61. The van der Waals surface area contributed by atoms with Gasteiger partial charge in [0.1, 0.15) is 11.6 Å². The highest BCUT2D eigenvalue weighted by atomic mass is 79.9. The number of pyridine rings is 1. The van der Waals surface area contributed by atoms with Gasteiger partial charge in [0.05, 0.1) is 11.2 Å². The first-order valence-electron chi connectivity index (χ1n) is 8.76. The number of amides is 1. The highest BCUT2D eigenvalue weighted by molar-refractivity contribution is 9.11. The van der Waals surface area contributed by atoms with Crippen LogP contribution in [0.1, 0.15) is 42.5 Å². The molecule has 1 aromatic heterocycles. The summed E-state index contributed by atoms with van der Waals surface area (Å²) in [6.07, 6.45) is 7.01. The predicted octanol–water partition coefficient (Wildman–Crippen LogP) is 5.41. The summed E-state index contributed by atoms with van der Waals surface area (Å²) in [5.74, 6) is -0.363. The average Bonchev–Trinajstić information content (AvgIpc) is 3.11. The largest absolute Gasteiger partial charge is 0.342 e. The van der Waals surface area contributed by atoms with E-state index in [1.807, 2.05) is 31.2 Å². The molecule has 0 unspecified atom stereocenters. The maximum Gasteiger partial charge on any atom is 0.262 e. The number of carbonyl (C=O) groups is 1. The molecular formula is C21H19Br2N3O. The molecule has 1 aromatic carbocycles. The van der Waals surface area contributed by atoms with Gasteiger partial charge in [-0.1, -0.05) is 42.7 Å². The molecule has 0 spiro atoms. The van der Waals surface area contributed by atoms with Gasteiger partial charge in [0, 0.05) is 15.1 Å². The van der Waals surface area contributed by atoms with E-state index in [0.29, 0.717) is 10.2 Å². The van der Waals surface area contributed by atoms with Crippen LogP contribution < -0.4 is 5.32 Å². The van der Waals surface area contributed by atoms with Crippen LogP contribution >= 0.6 is 31.9 Å². The van der Waals surface area contributed by atoms with Gasteiger partial charge >= 0.3 is 0 Å². The fraction of sp³-hybridized carbons (Fsp3) is 0.286. The first kappa shape index (κ1) is 19.8. The lowest BCUT2D eigenvalue weighted by molar-refractivity contribution is -0.119. The van der Waals surface area contributed by atoms with Gasteiger partial charge in [-0.15, -0.1) is 0 Å². The van der Waals surface area contributed by atoms with Gasteiger partial charge in [-0.3, -0.25) is 9.78 Å². The van der Waals surface area contributed by atoms with E-state index in [1.54, 1.807) is 6.20 Å². The van der Waals surface area contributed by atoms with Crippen molar-refractivity contribution in [3.05, 3.63) is 67.9 Å². The standard InChI is InChI=1S/C21H19Br2N3O/c1-14-5-4-6-16(9-14)21(7-2-3-8-21)26-20(27)15(12-24)10-19-18(23)11-17(22)13-25-19/h4-6,9-11,13H,2-3,7-8H2,1H3,(H,26,27). The van der Waals surface area contributed by atoms with Crippen LogP contribution in [0, 0.1) is 18.3 Å². The second-order valence-electron chi connectivity index (χ2n) is 6.80. The molecule has 0 saturated heterocycles. The molecule has 3 rings (SSSR count). The Morgan fingerprint density at radius 2 is 2.04 bits per heavy atom. The van der Waals surface area contributed by atoms with Gasteiger partial charge in [0.2, 0.25) is 0 Å². The van der Waals surface area contributed by atoms with Crippen molar-refractivity contribution in [1.29, 1.82) is 5.26 Å². The van der Waals surface area contributed by atoms with Crippen molar-refractivity contribution in [2.24, 2.45) is 0 Å². The number of nitrogens with zero attached hydrogens (tertiary/aromatic N) is 2. The Bertz CT molecular complexity index is 941. The van der Waals surface area contributed by atoms with E-state index < -0.39 is 5.54 Å². The molecule has 2 aromatic rings. The van der Waals surface area contributed by atoms with Crippen molar-refractivity contribution in [3.8, 4) is 6.07 Å². The molecule has 0 radical (unpaired) electrons. The maximum absolute atomic E-state index is 12.9. The molecule has 6 heteroatoms. The Hall–Kier alpha value is -1.97. The summed E-state index contributed by atoms with van der Waals surface area (Å²) < 4.78 is 1.53. The summed E-state index contributed by atoms with van der Waals surface area (Å²) in [4.78, 5) is 17.2. The number of halogens is 2. The third-order valence-electron chi connectivity index (χ3n) is 4.86. The van der Waals surface area contributed by atoms with Crippen molar-refractivity contribution in [2.45, 2.75) is 38.1 Å². The van der Waals surface area contributed by atoms with Gasteiger partial charge in [-0.2, -0.15) is 5.26 Å². The Kier molecular flexibility index (Phi) is 6.13. The zero-order valence-electron chi connectivity index (χ0n) is 14.9. The number of benzene rings is 1. The van der Waals surface area contributed by atoms with E-state index in [9.17, 15) is 10.1 Å². The quantitative estimate of drug-likeness (QED) is 0.462. The number of nitrogens with one attached hydrogen (secondary N) is 1. The lowest BCUT2D eigenvalue weighted by Crippen LogP contribution is -2.44. The summed E-state index contributed by atoms with van der Waals surface area (Å²) >= 11 is 6.77. The molecule has 1 saturated carbocycles. The second-order valence-corrected chi connectivity index (χ2v) is 8.57. The molecule has 138 valence electrons. The molecule has 0 bridgehead atoms. The number of aromatic nitrogens is 1. The SMILES string of the molecule is Cc1cccc(C2(NC(=O)C(C#N)=Cc3ncc(Br)cc3Br)CCCC2)c1. The van der Waals surface area contributed by atoms with Crippen molar-refractivity contribution < 1.29 is 4.79 Å². The number of rotatable bonds is 4. The van der Waals surface area contributed by atoms with Crippen LogP contribution in [0.4, 0.5) is 0 Å². The van der Waals surface area contributed by atoms with Crippen molar-refractivity contribution in [1.82, 2.24) is 10.3 Å². The van der Waals surface area contributed by atoms with Crippen LogP contribution in [-0.4, -0.2) is 10.9 Å². The number of hydrogen-bond acceptors (Lipinski definition) is 3. The molecule has 4 nitrogen and oxygen atoms in total. The summed E-state index contributed by atoms with van der Waals surface area (Å²) in [6.45, 7) is 2.05. The first-order valence-corrected chi connectivity index (χ1v) is 10.3. The van der Waals surface area contributed by atoms with E-state index in [0.717, 1.165) is 41.3 Å². The topological polar surface area (TPSA) is 65.8 Å². The summed E-state index contributed by atoms with van der Waals surface area (Å²) in [7, 11) is 0. The first-order chi connectivity index (χ1) is 12.9. The van der Waals surface area contributed by atoms with Crippen molar-refractivity contribution in [2.75, 3.05) is 0 Å². The molecule has 1 amide bonds. The third kappa shape index (κ3) is 4.48. The summed E-state index contributed by atoms with van der Waals surface area (Å²) in [5.41, 5.74) is 2.44. The molecular weight excluding hydrogens is 470 g/mol. The minimum atomic E-state index is -0.413. The average molecular weight is 489 g/mol. The van der Waals surface area contributed by atoms with Crippen LogP contribution in [0.15, 0.2) is 51.0 Å². The van der Waals surface area contributed by atoms with Crippen molar-refractivity contribution >= 4 is 43.8 Å². The van der Waals surface area contributed by atoms with Crippen LogP contribution in [-0.2, 0) is 10.3 Å². The minimum Gasteiger partial charge on any atom is -0.342 e. The number of carbonyl (C=O) groups excluding carboxylic acids is 1. The van der Waals surface area contributed by atoms with E-state index in [4.69, 9.17) is 0 Å². The van der Waals surface area contributed by atoms with Crippen molar-refractivity contribution in [3.63, 3.8) is 0 Å². The van der Waals surface area contributed by atoms with E-state index >= 15 is 0 Å².